The van der Waals surface area contributed by atoms with Gasteiger partial charge in [0.25, 0.3) is 0 Å². The normalized spacial score (nSPS) is 10.2. The summed E-state index contributed by atoms with van der Waals surface area (Å²) in [6, 6.07) is 13.3. The van der Waals surface area contributed by atoms with Crippen molar-refractivity contribution in [1.29, 1.82) is 5.26 Å². The Bertz CT molecular complexity index is 689. The lowest BCUT2D eigenvalue weighted by Crippen LogP contribution is -1.81. The van der Waals surface area contributed by atoms with Gasteiger partial charge in [0.05, 0.1) is 16.5 Å². The minimum atomic E-state index is 0.632. The van der Waals surface area contributed by atoms with Crippen molar-refractivity contribution < 1.29 is 0 Å². The van der Waals surface area contributed by atoms with Crippen molar-refractivity contribution >= 4 is 11.3 Å². The quantitative estimate of drug-likeness (QED) is 0.762. The smallest absolute Gasteiger partial charge is 0.181 e. The zero-order valence-corrected chi connectivity index (χ0v) is 10.1. The molecule has 0 aliphatic heterocycles. The van der Waals surface area contributed by atoms with E-state index in [-0.39, 0.29) is 0 Å². The summed E-state index contributed by atoms with van der Waals surface area (Å²) in [5.41, 5.74) is 1.53. The number of hydrogen-bond donors (Lipinski definition) is 1. The molecular formula is C13H8N4S. The summed E-state index contributed by atoms with van der Waals surface area (Å²) < 4.78 is 0. The van der Waals surface area contributed by atoms with Gasteiger partial charge in [-0.25, -0.2) is 4.98 Å². The maximum absolute atomic E-state index is 8.74. The molecule has 3 rings (SSSR count). The molecule has 0 aliphatic carbocycles. The van der Waals surface area contributed by atoms with Gasteiger partial charge in [-0.15, -0.1) is 11.3 Å². The number of rotatable bonds is 2. The van der Waals surface area contributed by atoms with Crippen LogP contribution in [0.25, 0.3) is 22.1 Å². The van der Waals surface area contributed by atoms with E-state index in [2.05, 4.69) is 21.3 Å². The van der Waals surface area contributed by atoms with Crippen molar-refractivity contribution in [2.24, 2.45) is 0 Å². The maximum Gasteiger partial charge on any atom is 0.181 e. The van der Waals surface area contributed by atoms with E-state index in [1.165, 1.54) is 0 Å². The number of nitriles is 1. The number of H-pyrrole nitrogens is 1. The van der Waals surface area contributed by atoms with Crippen LogP contribution < -0.4 is 0 Å². The van der Waals surface area contributed by atoms with Gasteiger partial charge in [0.1, 0.15) is 0 Å². The molecule has 0 fully saturated rings. The molecule has 0 aliphatic rings. The lowest BCUT2D eigenvalue weighted by Gasteiger charge is -1.93. The summed E-state index contributed by atoms with van der Waals surface area (Å²) in [5.74, 6) is 1.41. The molecule has 1 aromatic carbocycles. The van der Waals surface area contributed by atoms with Gasteiger partial charge in [0.15, 0.2) is 11.6 Å². The van der Waals surface area contributed by atoms with Crippen LogP contribution in [0.15, 0.2) is 41.8 Å². The molecule has 3 aromatic rings. The predicted molar refractivity (Wildman–Crippen MR) is 69.8 cm³/mol. The SMILES string of the molecule is N#Cc1ccc(-c2n[nH]c(-c3cccs3)n2)cc1. The summed E-state index contributed by atoms with van der Waals surface area (Å²) >= 11 is 1.61. The van der Waals surface area contributed by atoms with Gasteiger partial charge in [-0.1, -0.05) is 6.07 Å². The van der Waals surface area contributed by atoms with E-state index in [4.69, 9.17) is 5.26 Å². The van der Waals surface area contributed by atoms with Crippen molar-refractivity contribution in [1.82, 2.24) is 15.2 Å². The Morgan fingerprint density at radius 2 is 2.00 bits per heavy atom. The Kier molecular flexibility index (Phi) is 2.63. The Morgan fingerprint density at radius 3 is 2.67 bits per heavy atom. The van der Waals surface area contributed by atoms with Crippen LogP contribution in [0, 0.1) is 11.3 Å². The third-order valence-corrected chi connectivity index (χ3v) is 3.39. The highest BCUT2D eigenvalue weighted by atomic mass is 32.1. The topological polar surface area (TPSA) is 65.4 Å². The van der Waals surface area contributed by atoms with E-state index in [0.29, 0.717) is 11.4 Å². The molecule has 0 radical (unpaired) electrons. The fourth-order valence-corrected chi connectivity index (χ4v) is 2.27. The van der Waals surface area contributed by atoms with Crippen molar-refractivity contribution in [3.8, 4) is 28.2 Å². The molecule has 0 amide bonds. The largest absolute Gasteiger partial charge is 0.258 e. The molecule has 0 atom stereocenters. The number of aromatic amines is 1. The summed E-state index contributed by atoms with van der Waals surface area (Å²) in [7, 11) is 0. The minimum absolute atomic E-state index is 0.632. The number of aromatic nitrogens is 3. The van der Waals surface area contributed by atoms with Gasteiger partial charge in [0.2, 0.25) is 0 Å². The molecule has 0 unspecified atom stereocenters. The van der Waals surface area contributed by atoms with E-state index >= 15 is 0 Å². The van der Waals surface area contributed by atoms with Gasteiger partial charge in [-0.2, -0.15) is 10.4 Å². The minimum Gasteiger partial charge on any atom is -0.258 e. The van der Waals surface area contributed by atoms with E-state index in [0.717, 1.165) is 16.3 Å². The Morgan fingerprint density at radius 1 is 1.17 bits per heavy atom. The summed E-state index contributed by atoms with van der Waals surface area (Å²) in [5, 5.41) is 17.8. The Balaban J connectivity index is 1.95. The maximum atomic E-state index is 8.74. The van der Waals surface area contributed by atoms with Crippen LogP contribution in [0.4, 0.5) is 0 Å². The van der Waals surface area contributed by atoms with E-state index in [1.54, 1.807) is 23.5 Å². The molecule has 0 spiro atoms. The second kappa shape index (κ2) is 4.43. The summed E-state index contributed by atoms with van der Waals surface area (Å²) in [6.07, 6.45) is 0. The number of hydrogen-bond acceptors (Lipinski definition) is 4. The lowest BCUT2D eigenvalue weighted by atomic mass is 10.1. The highest BCUT2D eigenvalue weighted by molar-refractivity contribution is 7.13. The van der Waals surface area contributed by atoms with Gasteiger partial charge in [0, 0.05) is 5.56 Å². The first-order valence-corrected chi connectivity index (χ1v) is 6.21. The number of nitrogens with one attached hydrogen (secondary N) is 1. The van der Waals surface area contributed by atoms with Crippen LogP contribution >= 0.6 is 11.3 Å². The average Bonchev–Trinajstić information content (AvgIpc) is 3.09. The first-order valence-electron chi connectivity index (χ1n) is 5.33. The van der Waals surface area contributed by atoms with Gasteiger partial charge >= 0.3 is 0 Å². The molecule has 86 valence electrons. The second-order valence-electron chi connectivity index (χ2n) is 3.67. The monoisotopic (exact) mass is 252 g/mol. The zero-order valence-electron chi connectivity index (χ0n) is 9.29. The van der Waals surface area contributed by atoms with Crippen molar-refractivity contribution in [3.63, 3.8) is 0 Å². The van der Waals surface area contributed by atoms with Crippen LogP contribution in [0.1, 0.15) is 5.56 Å². The fraction of sp³-hybridized carbons (Fsp3) is 0. The van der Waals surface area contributed by atoms with Gasteiger partial charge in [-0.3, -0.25) is 5.10 Å². The third-order valence-electron chi connectivity index (χ3n) is 2.51. The molecule has 0 bridgehead atoms. The molecule has 0 saturated heterocycles. The molecule has 2 aromatic heterocycles. The molecule has 1 N–H and O–H groups in total. The van der Waals surface area contributed by atoms with Crippen LogP contribution in [0.2, 0.25) is 0 Å². The first-order chi connectivity index (χ1) is 8.86. The Hall–Kier alpha value is -2.45. The molecule has 18 heavy (non-hydrogen) atoms. The molecular weight excluding hydrogens is 244 g/mol. The predicted octanol–water partition coefficient (Wildman–Crippen LogP) is 3.07. The van der Waals surface area contributed by atoms with E-state index in [1.807, 2.05) is 29.6 Å². The van der Waals surface area contributed by atoms with Crippen LogP contribution in [0.3, 0.4) is 0 Å². The second-order valence-corrected chi connectivity index (χ2v) is 4.62. The van der Waals surface area contributed by atoms with E-state index in [9.17, 15) is 0 Å². The van der Waals surface area contributed by atoms with Crippen molar-refractivity contribution in [2.75, 3.05) is 0 Å². The molecule has 5 heteroatoms. The highest BCUT2D eigenvalue weighted by Crippen LogP contribution is 2.23. The molecule has 0 saturated carbocycles. The first kappa shape index (κ1) is 10.7. The summed E-state index contributed by atoms with van der Waals surface area (Å²) in [6.45, 7) is 0. The number of thiophene rings is 1. The van der Waals surface area contributed by atoms with Gasteiger partial charge < -0.3 is 0 Å². The fourth-order valence-electron chi connectivity index (χ4n) is 1.61. The zero-order chi connectivity index (χ0) is 12.4. The lowest BCUT2D eigenvalue weighted by molar-refractivity contribution is 1.10. The molecule has 2 heterocycles. The highest BCUT2D eigenvalue weighted by Gasteiger charge is 2.08. The van der Waals surface area contributed by atoms with Gasteiger partial charge in [-0.05, 0) is 35.7 Å². The number of nitrogens with zero attached hydrogens (tertiary/aromatic N) is 3. The van der Waals surface area contributed by atoms with Crippen molar-refractivity contribution in [2.45, 2.75) is 0 Å². The van der Waals surface area contributed by atoms with Crippen LogP contribution in [-0.2, 0) is 0 Å². The van der Waals surface area contributed by atoms with E-state index < -0.39 is 0 Å². The number of benzene rings is 1. The third kappa shape index (κ3) is 1.90. The average molecular weight is 252 g/mol. The Labute approximate surface area is 108 Å². The van der Waals surface area contributed by atoms with Crippen molar-refractivity contribution in [3.05, 3.63) is 47.3 Å². The standard InChI is InChI=1S/C13H8N4S/c14-8-9-3-5-10(6-4-9)12-15-13(17-16-12)11-2-1-7-18-11/h1-7H,(H,15,16,17). The van der Waals surface area contributed by atoms with Crippen LogP contribution in [-0.4, -0.2) is 15.2 Å². The summed E-state index contributed by atoms with van der Waals surface area (Å²) in [4.78, 5) is 5.50. The van der Waals surface area contributed by atoms with Crippen LogP contribution in [0.5, 0.6) is 0 Å². The molecule has 4 nitrogen and oxygen atoms in total.